The number of furan rings is 1. The molecule has 0 unspecified atom stereocenters. The summed E-state index contributed by atoms with van der Waals surface area (Å²) in [4.78, 5) is 0. The lowest BCUT2D eigenvalue weighted by Gasteiger charge is -2.55. The van der Waals surface area contributed by atoms with Crippen LogP contribution in [0.5, 0.6) is 0 Å². The van der Waals surface area contributed by atoms with Crippen molar-refractivity contribution in [2.75, 3.05) is 0 Å². The van der Waals surface area contributed by atoms with Crippen molar-refractivity contribution >= 4 is 65.0 Å². The molecule has 8 aliphatic rings. The molecule has 8 bridgehead atoms. The van der Waals surface area contributed by atoms with Crippen molar-refractivity contribution in [1.29, 1.82) is 0 Å². The summed E-state index contributed by atoms with van der Waals surface area (Å²) in [6.07, 6.45) is 14.5. The zero-order chi connectivity index (χ0) is 39.5. The van der Waals surface area contributed by atoms with Gasteiger partial charge in [0.25, 0.3) is 0 Å². The van der Waals surface area contributed by atoms with Gasteiger partial charge in [-0.1, -0.05) is 115 Å². The van der Waals surface area contributed by atoms with Crippen LogP contribution in [0.2, 0.25) is 0 Å². The fourth-order valence-corrected chi connectivity index (χ4v) is 16.6. The Labute approximate surface area is 358 Å². The maximum atomic E-state index is 6.99. The first kappa shape index (κ1) is 34.2. The Bertz CT molecular complexity index is 3140. The van der Waals surface area contributed by atoms with Gasteiger partial charge in [0.15, 0.2) is 0 Å². The fourth-order valence-electron chi connectivity index (χ4n) is 16.6. The lowest BCUT2D eigenvalue weighted by molar-refractivity contribution is -0.00191. The third kappa shape index (κ3) is 4.79. The van der Waals surface area contributed by atoms with Gasteiger partial charge in [-0.15, -0.1) is 0 Å². The van der Waals surface area contributed by atoms with E-state index >= 15 is 0 Å². The van der Waals surface area contributed by atoms with Crippen molar-refractivity contribution in [2.45, 2.75) is 76.0 Å². The maximum absolute atomic E-state index is 6.99. The van der Waals surface area contributed by atoms with Crippen molar-refractivity contribution in [3.8, 4) is 22.3 Å². The van der Waals surface area contributed by atoms with Crippen LogP contribution in [-0.2, 0) is 0 Å². The fraction of sp³-hybridized carbons (Fsp3) is 0.333. The molecule has 8 fully saturated rings. The average molecular weight is 789 g/mol. The monoisotopic (exact) mass is 788 g/mol. The molecular weight excluding hydrogens is 737 g/mol. The van der Waals surface area contributed by atoms with Gasteiger partial charge >= 0.3 is 0 Å². The molecule has 9 aromatic rings. The highest BCUT2D eigenvalue weighted by atomic mass is 16.3. The van der Waals surface area contributed by atoms with Gasteiger partial charge in [-0.2, -0.15) is 0 Å². The second-order valence-electron chi connectivity index (χ2n) is 21.2. The quantitative estimate of drug-likeness (QED) is 0.162. The minimum atomic E-state index is 0.662. The van der Waals surface area contributed by atoms with Crippen LogP contribution in [0.4, 0.5) is 0 Å². The van der Waals surface area contributed by atoms with Gasteiger partial charge < -0.3 is 4.42 Å². The molecule has 61 heavy (non-hydrogen) atoms. The number of hydrogen-bond donors (Lipinski definition) is 0. The van der Waals surface area contributed by atoms with E-state index in [1.807, 2.05) is 0 Å². The molecule has 1 aromatic heterocycles. The second kappa shape index (κ2) is 12.6. The first-order chi connectivity index (χ1) is 30.2. The molecule has 17 rings (SSSR count). The molecule has 8 aliphatic carbocycles. The predicted molar refractivity (Wildman–Crippen MR) is 254 cm³/mol. The molecule has 1 nitrogen and oxygen atoms in total. The summed E-state index contributed by atoms with van der Waals surface area (Å²) in [5.41, 5.74) is 10.5. The van der Waals surface area contributed by atoms with Gasteiger partial charge in [-0.3, -0.25) is 0 Å². The number of rotatable bonds is 4. The zero-order valence-electron chi connectivity index (χ0n) is 35.0. The van der Waals surface area contributed by atoms with Crippen LogP contribution < -0.4 is 0 Å². The van der Waals surface area contributed by atoms with E-state index in [1.165, 1.54) is 140 Å². The molecule has 0 aliphatic heterocycles. The second-order valence-corrected chi connectivity index (χ2v) is 21.2. The Morgan fingerprint density at radius 2 is 0.738 bits per heavy atom. The van der Waals surface area contributed by atoms with Gasteiger partial charge in [0.05, 0.1) is 0 Å². The molecular formula is C60H52O. The largest absolute Gasteiger partial charge is 0.456 e. The van der Waals surface area contributed by atoms with Gasteiger partial charge in [0.2, 0.25) is 0 Å². The highest BCUT2D eigenvalue weighted by molar-refractivity contribution is 6.23. The van der Waals surface area contributed by atoms with E-state index < -0.39 is 0 Å². The lowest BCUT2D eigenvalue weighted by atomic mass is 9.50. The summed E-state index contributed by atoms with van der Waals surface area (Å²) < 4.78 is 6.99. The Kier molecular flexibility index (Phi) is 7.06. The first-order valence-corrected chi connectivity index (χ1v) is 24.0. The van der Waals surface area contributed by atoms with Crippen molar-refractivity contribution in [3.05, 3.63) is 145 Å². The number of fused-ring (bicyclic) bond motifs is 7. The first-order valence-electron chi connectivity index (χ1n) is 24.0. The molecule has 8 saturated carbocycles. The van der Waals surface area contributed by atoms with E-state index in [4.69, 9.17) is 4.42 Å². The van der Waals surface area contributed by atoms with Crippen LogP contribution >= 0.6 is 0 Å². The van der Waals surface area contributed by atoms with Crippen LogP contribution in [-0.4, -0.2) is 0 Å². The lowest BCUT2D eigenvalue weighted by Crippen LogP contribution is -2.43. The van der Waals surface area contributed by atoms with Crippen molar-refractivity contribution in [2.24, 2.45) is 47.3 Å². The van der Waals surface area contributed by atoms with Crippen molar-refractivity contribution in [1.82, 2.24) is 0 Å². The van der Waals surface area contributed by atoms with Crippen molar-refractivity contribution in [3.63, 3.8) is 0 Å². The molecule has 0 N–H and O–H groups in total. The maximum Gasteiger partial charge on any atom is 0.136 e. The Morgan fingerprint density at radius 1 is 0.328 bits per heavy atom. The molecule has 0 spiro atoms. The van der Waals surface area contributed by atoms with Crippen LogP contribution in [0.25, 0.3) is 87.3 Å². The third-order valence-corrected chi connectivity index (χ3v) is 18.1. The molecule has 1 heterocycles. The number of benzene rings is 8. The van der Waals surface area contributed by atoms with E-state index in [0.29, 0.717) is 11.8 Å². The summed E-state index contributed by atoms with van der Waals surface area (Å²) in [5.74, 6) is 8.51. The molecule has 0 atom stereocenters. The Morgan fingerprint density at radius 3 is 1.18 bits per heavy atom. The summed E-state index contributed by atoms with van der Waals surface area (Å²) in [6, 6.07) is 51.6. The van der Waals surface area contributed by atoms with E-state index in [2.05, 4.69) is 133 Å². The summed E-state index contributed by atoms with van der Waals surface area (Å²) in [6.45, 7) is 0. The van der Waals surface area contributed by atoms with Gasteiger partial charge in [-0.25, -0.2) is 0 Å². The van der Waals surface area contributed by atoms with Gasteiger partial charge in [-0.05, 0) is 218 Å². The molecule has 1 heteroatoms. The van der Waals surface area contributed by atoms with E-state index in [9.17, 15) is 0 Å². The van der Waals surface area contributed by atoms with Crippen LogP contribution in [0, 0.1) is 47.3 Å². The highest BCUT2D eigenvalue weighted by Crippen LogP contribution is 2.63. The molecule has 298 valence electrons. The molecule has 0 amide bonds. The van der Waals surface area contributed by atoms with Gasteiger partial charge in [0.1, 0.15) is 11.2 Å². The summed E-state index contributed by atoms with van der Waals surface area (Å²) in [5, 5.41) is 13.9. The van der Waals surface area contributed by atoms with Gasteiger partial charge in [0, 0.05) is 10.8 Å². The zero-order valence-corrected chi connectivity index (χ0v) is 35.0. The summed E-state index contributed by atoms with van der Waals surface area (Å²) in [7, 11) is 0. The summed E-state index contributed by atoms with van der Waals surface area (Å²) >= 11 is 0. The normalized spacial score (nSPS) is 30.0. The Balaban J connectivity index is 0.926. The van der Waals surface area contributed by atoms with Crippen LogP contribution in [0.15, 0.2) is 138 Å². The van der Waals surface area contributed by atoms with E-state index in [0.717, 1.165) is 58.5 Å². The minimum Gasteiger partial charge on any atom is -0.456 e. The smallest absolute Gasteiger partial charge is 0.136 e. The topological polar surface area (TPSA) is 13.1 Å². The third-order valence-electron chi connectivity index (χ3n) is 18.1. The van der Waals surface area contributed by atoms with E-state index in [1.54, 1.807) is 11.1 Å². The predicted octanol–water partition coefficient (Wildman–Crippen LogP) is 16.6. The highest BCUT2D eigenvalue weighted by Gasteiger charge is 2.51. The SMILES string of the molecule is c1cc(-c2c3ccccc3c(C3C4CC5CC(C4)CC3C5)c3ccccc23)c2c(c1)oc1cc(-c3c4ccccc4c(C4C5CC6CC(C5)CC4C6)c4ccccc34)ccc12. The standard InChI is InChI=1S/C60H52O/c1-5-14-46-42(10-1)56(43-11-2-6-15-47(43)59(46)54-38-24-33-22-34(26-38)27-39(54)25-33)37-20-21-50-53(32-37)61-52-19-9-18-51(58(50)52)57-44-12-3-7-16-48(44)60(49-17-8-4-13-45(49)57)55-40-28-35-23-36(30-40)31-41(55)29-35/h1-21,32-36,38-41,54-55H,22-31H2. The van der Waals surface area contributed by atoms with Crippen LogP contribution in [0.1, 0.15) is 87.2 Å². The van der Waals surface area contributed by atoms with E-state index in [-0.39, 0.29) is 0 Å². The molecule has 0 radical (unpaired) electrons. The Hall–Kier alpha value is -5.40. The average Bonchev–Trinajstić information content (AvgIpc) is 3.66. The minimum absolute atomic E-state index is 0.662. The molecule has 8 aromatic carbocycles. The van der Waals surface area contributed by atoms with Crippen molar-refractivity contribution < 1.29 is 4.42 Å². The van der Waals surface area contributed by atoms with Crippen LogP contribution in [0.3, 0.4) is 0 Å². The molecule has 0 saturated heterocycles. The number of hydrogen-bond acceptors (Lipinski definition) is 1.